The average Bonchev–Trinajstić information content (AvgIpc) is 3.07. The van der Waals surface area contributed by atoms with Gasteiger partial charge in [0.25, 0.3) is 17.0 Å². The van der Waals surface area contributed by atoms with Crippen LogP contribution in [0.2, 0.25) is 0 Å². The van der Waals surface area contributed by atoms with Gasteiger partial charge in [-0.25, -0.2) is 0 Å². The van der Waals surface area contributed by atoms with Crippen LogP contribution < -0.4 is 16.4 Å². The molecule has 1 amide bonds. The Morgan fingerprint density at radius 1 is 1.16 bits per heavy atom. The van der Waals surface area contributed by atoms with Crippen molar-refractivity contribution in [2.75, 3.05) is 5.32 Å². The molecule has 0 bridgehead atoms. The third-order valence-electron chi connectivity index (χ3n) is 4.71. The van der Waals surface area contributed by atoms with Crippen molar-refractivity contribution in [2.24, 2.45) is 7.05 Å². The second kappa shape index (κ2) is 5.73. The van der Waals surface area contributed by atoms with Crippen LogP contribution >= 0.6 is 0 Å². The molecule has 1 aromatic carbocycles. The highest BCUT2D eigenvalue weighted by atomic mass is 16.2. The maximum atomic E-state index is 12.4. The minimum Gasteiger partial charge on any atom is -0.322 e. The Morgan fingerprint density at radius 2 is 1.96 bits per heavy atom. The van der Waals surface area contributed by atoms with Gasteiger partial charge in [0.05, 0.1) is 5.52 Å². The van der Waals surface area contributed by atoms with Gasteiger partial charge in [0.2, 0.25) is 0 Å². The highest BCUT2D eigenvalue weighted by Crippen LogP contribution is 2.27. The van der Waals surface area contributed by atoms with Gasteiger partial charge in [0, 0.05) is 29.9 Å². The number of nitrogens with zero attached hydrogens (tertiary/aromatic N) is 1. The molecule has 2 aromatic heterocycles. The number of H-pyrrole nitrogens is 1. The first-order valence-corrected chi connectivity index (χ1v) is 8.19. The minimum atomic E-state index is -0.468. The third kappa shape index (κ3) is 2.55. The summed E-state index contributed by atoms with van der Waals surface area (Å²) in [7, 11) is 1.60. The number of aromatic nitrogens is 2. The monoisotopic (exact) mass is 335 g/mol. The lowest BCUT2D eigenvalue weighted by atomic mass is 10.1. The number of fused-ring (bicyclic) bond motifs is 3. The molecule has 0 saturated heterocycles. The fourth-order valence-corrected chi connectivity index (χ4v) is 3.45. The van der Waals surface area contributed by atoms with Crippen molar-refractivity contribution in [1.29, 1.82) is 0 Å². The zero-order chi connectivity index (χ0) is 17.6. The van der Waals surface area contributed by atoms with Gasteiger partial charge in [0.1, 0.15) is 5.56 Å². The summed E-state index contributed by atoms with van der Waals surface area (Å²) < 4.78 is 1.36. The number of hydrogen-bond acceptors (Lipinski definition) is 3. The Labute approximate surface area is 143 Å². The second-order valence-electron chi connectivity index (χ2n) is 6.32. The van der Waals surface area contributed by atoms with E-state index in [2.05, 4.69) is 10.3 Å². The molecule has 126 valence electrons. The number of hydrogen-bond donors (Lipinski definition) is 2. The number of aromatic amines is 1. The van der Waals surface area contributed by atoms with Crippen LogP contribution in [0, 0.1) is 0 Å². The van der Waals surface area contributed by atoms with Crippen molar-refractivity contribution in [3.8, 4) is 0 Å². The molecule has 6 heteroatoms. The third-order valence-corrected chi connectivity index (χ3v) is 4.71. The van der Waals surface area contributed by atoms with E-state index in [1.807, 2.05) is 6.07 Å². The van der Waals surface area contributed by atoms with E-state index in [4.69, 9.17) is 0 Å². The van der Waals surface area contributed by atoms with E-state index in [1.54, 1.807) is 31.4 Å². The Bertz CT molecular complexity index is 1120. The lowest BCUT2D eigenvalue weighted by Gasteiger charge is -2.09. The predicted octanol–water partition coefficient (Wildman–Crippen LogP) is 1.97. The van der Waals surface area contributed by atoms with Crippen LogP contribution in [0.3, 0.4) is 0 Å². The van der Waals surface area contributed by atoms with Crippen molar-refractivity contribution in [2.45, 2.75) is 19.3 Å². The van der Waals surface area contributed by atoms with Crippen LogP contribution in [0.5, 0.6) is 0 Å². The molecule has 25 heavy (non-hydrogen) atoms. The van der Waals surface area contributed by atoms with Gasteiger partial charge in [-0.05, 0) is 49.1 Å². The molecule has 2 N–H and O–H groups in total. The summed E-state index contributed by atoms with van der Waals surface area (Å²) in [5, 5.41) is 3.75. The Morgan fingerprint density at radius 3 is 2.80 bits per heavy atom. The van der Waals surface area contributed by atoms with Crippen molar-refractivity contribution >= 4 is 22.5 Å². The molecule has 0 saturated carbocycles. The molecule has 0 atom stereocenters. The molecule has 4 rings (SSSR count). The predicted molar refractivity (Wildman–Crippen MR) is 96.2 cm³/mol. The van der Waals surface area contributed by atoms with Gasteiger partial charge < -0.3 is 14.9 Å². The summed E-state index contributed by atoms with van der Waals surface area (Å²) >= 11 is 0. The number of nitrogens with one attached hydrogen (secondary N) is 2. The average molecular weight is 335 g/mol. The zero-order valence-electron chi connectivity index (χ0n) is 13.8. The van der Waals surface area contributed by atoms with E-state index in [-0.39, 0.29) is 16.7 Å². The summed E-state index contributed by atoms with van der Waals surface area (Å²) in [6, 6.07) is 8.59. The maximum Gasteiger partial charge on any atom is 0.263 e. The van der Waals surface area contributed by atoms with Gasteiger partial charge in [-0.1, -0.05) is 6.07 Å². The maximum absolute atomic E-state index is 12.4. The van der Waals surface area contributed by atoms with E-state index in [0.717, 1.165) is 35.8 Å². The molecule has 1 aliphatic carbocycles. The van der Waals surface area contributed by atoms with E-state index >= 15 is 0 Å². The Balaban J connectivity index is 1.72. The molecule has 0 spiro atoms. The Hall–Kier alpha value is -3.15. The molecule has 0 fully saturated rings. The van der Waals surface area contributed by atoms with Crippen molar-refractivity contribution in [3.05, 3.63) is 73.9 Å². The fourth-order valence-electron chi connectivity index (χ4n) is 3.45. The van der Waals surface area contributed by atoms with E-state index < -0.39 is 5.91 Å². The number of benzene rings is 1. The number of anilines is 1. The largest absolute Gasteiger partial charge is 0.322 e. The van der Waals surface area contributed by atoms with E-state index in [1.165, 1.54) is 10.6 Å². The molecular weight excluding hydrogens is 318 g/mol. The number of amides is 1. The molecule has 0 unspecified atom stereocenters. The number of aryl methyl sites for hydroxylation is 2. The molecule has 0 aliphatic heterocycles. The SMILES string of the molecule is Cn1cccc(C(=O)Nc2ccc3c4c(c(=O)[nH]c3c2)CCC4)c1=O. The van der Waals surface area contributed by atoms with Gasteiger partial charge in [0.15, 0.2) is 0 Å². The first-order chi connectivity index (χ1) is 12.0. The summed E-state index contributed by atoms with van der Waals surface area (Å²) in [4.78, 5) is 39.5. The highest BCUT2D eigenvalue weighted by Gasteiger charge is 2.18. The van der Waals surface area contributed by atoms with Gasteiger partial charge in [-0.15, -0.1) is 0 Å². The fraction of sp³-hybridized carbons (Fsp3) is 0.211. The lowest BCUT2D eigenvalue weighted by Crippen LogP contribution is -2.27. The highest BCUT2D eigenvalue weighted by molar-refractivity contribution is 6.04. The smallest absolute Gasteiger partial charge is 0.263 e. The van der Waals surface area contributed by atoms with Crippen molar-refractivity contribution in [3.63, 3.8) is 0 Å². The van der Waals surface area contributed by atoms with E-state index in [0.29, 0.717) is 11.2 Å². The first-order valence-electron chi connectivity index (χ1n) is 8.19. The molecule has 2 heterocycles. The number of pyridine rings is 2. The number of carbonyl (C=O) groups is 1. The van der Waals surface area contributed by atoms with Gasteiger partial charge in [-0.3, -0.25) is 14.4 Å². The van der Waals surface area contributed by atoms with Crippen LogP contribution in [0.4, 0.5) is 5.69 Å². The standard InChI is InChI=1S/C19H17N3O3/c1-22-9-3-6-15(19(22)25)18(24)20-11-7-8-13-12-4-2-5-14(12)17(23)21-16(13)10-11/h3,6-10H,2,4-5H2,1H3,(H,20,24)(H,21,23). The topological polar surface area (TPSA) is 84.0 Å². The van der Waals surface area contributed by atoms with Crippen LogP contribution in [0.1, 0.15) is 27.9 Å². The van der Waals surface area contributed by atoms with Crippen LogP contribution in [0.15, 0.2) is 46.1 Å². The van der Waals surface area contributed by atoms with Crippen molar-refractivity contribution < 1.29 is 4.79 Å². The molecule has 1 aliphatic rings. The number of rotatable bonds is 2. The van der Waals surface area contributed by atoms with Crippen LogP contribution in [-0.2, 0) is 19.9 Å². The summed E-state index contributed by atoms with van der Waals surface area (Å²) in [6.45, 7) is 0. The zero-order valence-corrected chi connectivity index (χ0v) is 13.8. The van der Waals surface area contributed by atoms with E-state index in [9.17, 15) is 14.4 Å². The normalized spacial score (nSPS) is 13.0. The molecule has 3 aromatic rings. The Kier molecular flexibility index (Phi) is 3.53. The molecular formula is C19H17N3O3. The minimum absolute atomic E-state index is 0.0552. The first kappa shape index (κ1) is 15.4. The van der Waals surface area contributed by atoms with Crippen molar-refractivity contribution in [1.82, 2.24) is 9.55 Å². The quantitative estimate of drug-likeness (QED) is 0.751. The summed E-state index contributed by atoms with van der Waals surface area (Å²) in [5.41, 5.74) is 2.88. The molecule has 0 radical (unpaired) electrons. The van der Waals surface area contributed by atoms with Gasteiger partial charge >= 0.3 is 0 Å². The van der Waals surface area contributed by atoms with Gasteiger partial charge in [-0.2, -0.15) is 0 Å². The molecule has 6 nitrogen and oxygen atoms in total. The van der Waals surface area contributed by atoms with Crippen LogP contribution in [0.25, 0.3) is 10.9 Å². The lowest BCUT2D eigenvalue weighted by molar-refractivity contribution is 0.102. The second-order valence-corrected chi connectivity index (χ2v) is 6.32. The summed E-state index contributed by atoms with van der Waals surface area (Å²) in [6.07, 6.45) is 4.31. The summed E-state index contributed by atoms with van der Waals surface area (Å²) in [5.74, 6) is -0.468. The van der Waals surface area contributed by atoms with Crippen LogP contribution in [-0.4, -0.2) is 15.5 Å². The number of carbonyl (C=O) groups excluding carboxylic acids is 1.